The number of hydrogen-bond donors (Lipinski definition) is 0. The van der Waals surface area contributed by atoms with Crippen LogP contribution >= 0.6 is 0 Å². The van der Waals surface area contributed by atoms with E-state index in [0.717, 1.165) is 18.4 Å². The van der Waals surface area contributed by atoms with E-state index in [1.165, 1.54) is 17.2 Å². The van der Waals surface area contributed by atoms with E-state index >= 15 is 0 Å². The maximum Gasteiger partial charge on any atom is 0.123 e. The van der Waals surface area contributed by atoms with Gasteiger partial charge in [-0.05, 0) is 47.9 Å². The minimum Gasteiger partial charge on any atom is -0.376 e. The first kappa shape index (κ1) is 15.0. The number of halogens is 1. The Morgan fingerprint density at radius 2 is 1.86 bits per heavy atom. The standard InChI is InChI=1S/C20H21FO/c1-15-10-18(14-22-13-16-6-3-2-4-7-16)20(11-15)17-8-5-9-19(21)12-17/h2-9,12,18,20H,1,10-11,13-14H2/t18-,20+/m1/s1. The summed E-state index contributed by atoms with van der Waals surface area (Å²) in [6, 6.07) is 17.1. The highest BCUT2D eigenvalue weighted by Crippen LogP contribution is 2.42. The van der Waals surface area contributed by atoms with Crippen molar-refractivity contribution in [3.8, 4) is 0 Å². The number of rotatable bonds is 5. The van der Waals surface area contributed by atoms with Crippen LogP contribution in [-0.2, 0) is 11.3 Å². The Bertz CT molecular complexity index is 635. The summed E-state index contributed by atoms with van der Waals surface area (Å²) < 4.78 is 19.4. The van der Waals surface area contributed by atoms with Crippen LogP contribution in [0, 0.1) is 11.7 Å². The van der Waals surface area contributed by atoms with Crippen molar-refractivity contribution in [2.45, 2.75) is 25.4 Å². The van der Waals surface area contributed by atoms with Crippen LogP contribution in [0.1, 0.15) is 29.9 Å². The van der Waals surface area contributed by atoms with Crippen molar-refractivity contribution in [1.29, 1.82) is 0 Å². The van der Waals surface area contributed by atoms with Gasteiger partial charge >= 0.3 is 0 Å². The second-order valence-electron chi connectivity index (χ2n) is 6.08. The summed E-state index contributed by atoms with van der Waals surface area (Å²) in [5.74, 6) is 0.538. The fourth-order valence-corrected chi connectivity index (χ4v) is 3.28. The Morgan fingerprint density at radius 3 is 2.64 bits per heavy atom. The summed E-state index contributed by atoms with van der Waals surface area (Å²) in [4.78, 5) is 0. The van der Waals surface area contributed by atoms with Gasteiger partial charge in [0.1, 0.15) is 5.82 Å². The summed E-state index contributed by atoms with van der Waals surface area (Å²) >= 11 is 0. The van der Waals surface area contributed by atoms with Crippen molar-refractivity contribution in [2.24, 2.45) is 5.92 Å². The molecule has 114 valence electrons. The molecule has 0 N–H and O–H groups in total. The average Bonchev–Trinajstić information content (AvgIpc) is 2.89. The molecule has 1 aliphatic carbocycles. The lowest BCUT2D eigenvalue weighted by Crippen LogP contribution is -2.13. The molecule has 2 aromatic rings. The third-order valence-electron chi connectivity index (χ3n) is 4.35. The number of allylic oxidation sites excluding steroid dienone is 1. The molecular weight excluding hydrogens is 275 g/mol. The summed E-state index contributed by atoms with van der Waals surface area (Å²) in [5.41, 5.74) is 3.48. The lowest BCUT2D eigenvalue weighted by Gasteiger charge is -2.19. The van der Waals surface area contributed by atoms with Crippen LogP contribution < -0.4 is 0 Å². The molecule has 1 saturated carbocycles. The van der Waals surface area contributed by atoms with Crippen LogP contribution in [-0.4, -0.2) is 6.61 Å². The van der Waals surface area contributed by atoms with Gasteiger partial charge in [0.2, 0.25) is 0 Å². The van der Waals surface area contributed by atoms with Gasteiger partial charge in [-0.3, -0.25) is 0 Å². The molecule has 0 aromatic heterocycles. The molecule has 1 aliphatic rings. The second kappa shape index (κ2) is 6.89. The smallest absolute Gasteiger partial charge is 0.123 e. The van der Waals surface area contributed by atoms with Crippen LogP contribution in [0.25, 0.3) is 0 Å². The molecule has 2 heteroatoms. The zero-order valence-corrected chi connectivity index (χ0v) is 12.7. The maximum atomic E-state index is 13.5. The van der Waals surface area contributed by atoms with Crippen LogP contribution in [0.4, 0.5) is 4.39 Å². The molecule has 0 amide bonds. The molecule has 3 rings (SSSR count). The van der Waals surface area contributed by atoms with Gasteiger partial charge in [-0.2, -0.15) is 0 Å². The van der Waals surface area contributed by atoms with E-state index in [-0.39, 0.29) is 5.82 Å². The Balaban J connectivity index is 1.62. The van der Waals surface area contributed by atoms with Gasteiger partial charge in [0.15, 0.2) is 0 Å². The third-order valence-corrected chi connectivity index (χ3v) is 4.35. The van der Waals surface area contributed by atoms with Gasteiger partial charge < -0.3 is 4.74 Å². The first-order valence-electron chi connectivity index (χ1n) is 7.76. The van der Waals surface area contributed by atoms with Gasteiger partial charge in [-0.1, -0.05) is 54.6 Å². The van der Waals surface area contributed by atoms with Crippen molar-refractivity contribution in [1.82, 2.24) is 0 Å². The SMILES string of the molecule is C=C1C[C@H](COCc2ccccc2)[C@H](c2cccc(F)c2)C1. The van der Waals surface area contributed by atoms with E-state index in [1.807, 2.05) is 24.3 Å². The molecule has 0 bridgehead atoms. The molecule has 2 aromatic carbocycles. The first-order chi connectivity index (χ1) is 10.7. The molecule has 0 radical (unpaired) electrons. The predicted molar refractivity (Wildman–Crippen MR) is 87.1 cm³/mol. The van der Waals surface area contributed by atoms with Crippen molar-refractivity contribution in [2.75, 3.05) is 6.61 Å². The van der Waals surface area contributed by atoms with E-state index in [9.17, 15) is 4.39 Å². The highest BCUT2D eigenvalue weighted by molar-refractivity contribution is 5.27. The van der Waals surface area contributed by atoms with Crippen molar-refractivity contribution in [3.63, 3.8) is 0 Å². The summed E-state index contributed by atoms with van der Waals surface area (Å²) in [6.07, 6.45) is 1.90. The Morgan fingerprint density at radius 1 is 1.05 bits per heavy atom. The van der Waals surface area contributed by atoms with Crippen molar-refractivity contribution >= 4 is 0 Å². The zero-order chi connectivity index (χ0) is 15.4. The van der Waals surface area contributed by atoms with E-state index in [1.54, 1.807) is 12.1 Å². The lowest BCUT2D eigenvalue weighted by atomic mass is 9.89. The third kappa shape index (κ3) is 3.63. The molecule has 22 heavy (non-hydrogen) atoms. The quantitative estimate of drug-likeness (QED) is 0.698. The second-order valence-corrected chi connectivity index (χ2v) is 6.08. The Labute approximate surface area is 131 Å². The van der Waals surface area contributed by atoms with Crippen molar-refractivity contribution < 1.29 is 9.13 Å². The van der Waals surface area contributed by atoms with Crippen LogP contribution in [0.3, 0.4) is 0 Å². The van der Waals surface area contributed by atoms with Crippen LogP contribution in [0.5, 0.6) is 0 Å². The zero-order valence-electron chi connectivity index (χ0n) is 12.7. The fraction of sp³-hybridized carbons (Fsp3) is 0.300. The Kier molecular flexibility index (Phi) is 4.69. The number of benzene rings is 2. The largest absolute Gasteiger partial charge is 0.376 e. The van der Waals surface area contributed by atoms with E-state index < -0.39 is 0 Å². The van der Waals surface area contributed by atoms with E-state index in [2.05, 4.69) is 18.7 Å². The molecular formula is C20H21FO. The first-order valence-corrected chi connectivity index (χ1v) is 7.76. The molecule has 0 aliphatic heterocycles. The van der Waals surface area contributed by atoms with Gasteiger partial charge in [-0.15, -0.1) is 0 Å². The number of ether oxygens (including phenoxy) is 1. The Hall–Kier alpha value is -1.93. The van der Waals surface area contributed by atoms with E-state index in [4.69, 9.17) is 4.74 Å². The highest BCUT2D eigenvalue weighted by atomic mass is 19.1. The monoisotopic (exact) mass is 296 g/mol. The van der Waals surface area contributed by atoms with Gasteiger partial charge in [-0.25, -0.2) is 4.39 Å². The molecule has 0 heterocycles. The molecule has 1 nitrogen and oxygen atoms in total. The molecule has 0 spiro atoms. The fourth-order valence-electron chi connectivity index (χ4n) is 3.28. The molecule has 0 unspecified atom stereocenters. The molecule has 2 atom stereocenters. The molecule has 0 saturated heterocycles. The summed E-state index contributed by atoms with van der Waals surface area (Å²) in [7, 11) is 0. The van der Waals surface area contributed by atoms with Crippen LogP contribution in [0.2, 0.25) is 0 Å². The van der Waals surface area contributed by atoms with E-state index in [0.29, 0.717) is 25.0 Å². The highest BCUT2D eigenvalue weighted by Gasteiger charge is 2.31. The van der Waals surface area contributed by atoms with Gasteiger partial charge in [0, 0.05) is 0 Å². The van der Waals surface area contributed by atoms with Gasteiger partial charge in [0.25, 0.3) is 0 Å². The normalized spacial score (nSPS) is 21.2. The van der Waals surface area contributed by atoms with Crippen molar-refractivity contribution in [3.05, 3.63) is 83.7 Å². The van der Waals surface area contributed by atoms with Gasteiger partial charge in [0.05, 0.1) is 13.2 Å². The topological polar surface area (TPSA) is 9.23 Å². The predicted octanol–water partition coefficient (Wildman–Crippen LogP) is 5.09. The maximum absolute atomic E-state index is 13.5. The minimum atomic E-state index is -0.168. The summed E-state index contributed by atoms with van der Waals surface area (Å²) in [6.45, 7) is 5.43. The average molecular weight is 296 g/mol. The molecule has 1 fully saturated rings. The summed E-state index contributed by atoms with van der Waals surface area (Å²) in [5, 5.41) is 0. The number of hydrogen-bond acceptors (Lipinski definition) is 1. The minimum absolute atomic E-state index is 0.168. The van der Waals surface area contributed by atoms with Crippen LogP contribution in [0.15, 0.2) is 66.7 Å². The lowest BCUT2D eigenvalue weighted by molar-refractivity contribution is 0.0842.